The van der Waals surface area contributed by atoms with E-state index in [4.69, 9.17) is 9.47 Å². The van der Waals surface area contributed by atoms with Crippen molar-refractivity contribution in [2.24, 2.45) is 0 Å². The Morgan fingerprint density at radius 1 is 0.964 bits per heavy atom. The van der Waals surface area contributed by atoms with Crippen molar-refractivity contribution in [3.8, 4) is 11.5 Å². The van der Waals surface area contributed by atoms with Crippen LogP contribution in [0.5, 0.6) is 11.5 Å². The number of aryl methyl sites for hydroxylation is 1. The molecule has 1 fully saturated rings. The van der Waals surface area contributed by atoms with Crippen molar-refractivity contribution in [2.75, 3.05) is 39.5 Å². The van der Waals surface area contributed by atoms with Gasteiger partial charge in [-0.25, -0.2) is 0 Å². The van der Waals surface area contributed by atoms with Crippen LogP contribution < -0.4 is 14.8 Å². The number of carbonyl (C=O) groups excluding carboxylic acids is 1. The minimum Gasteiger partial charge on any atom is -0.454 e. The van der Waals surface area contributed by atoms with Gasteiger partial charge in [0, 0.05) is 39.3 Å². The Morgan fingerprint density at radius 3 is 2.57 bits per heavy atom. The summed E-state index contributed by atoms with van der Waals surface area (Å²) < 4.78 is 10.8. The van der Waals surface area contributed by atoms with Gasteiger partial charge < -0.3 is 14.8 Å². The average molecular weight is 381 g/mol. The normalized spacial score (nSPS) is 16.9. The van der Waals surface area contributed by atoms with E-state index in [0.29, 0.717) is 19.9 Å². The molecule has 2 aromatic rings. The van der Waals surface area contributed by atoms with Crippen LogP contribution in [0.3, 0.4) is 0 Å². The van der Waals surface area contributed by atoms with Crippen LogP contribution in [0.15, 0.2) is 42.5 Å². The van der Waals surface area contributed by atoms with Crippen LogP contribution >= 0.6 is 0 Å². The first kappa shape index (κ1) is 18.8. The van der Waals surface area contributed by atoms with Crippen molar-refractivity contribution in [3.05, 3.63) is 59.2 Å². The van der Waals surface area contributed by atoms with E-state index >= 15 is 0 Å². The largest absolute Gasteiger partial charge is 0.454 e. The summed E-state index contributed by atoms with van der Waals surface area (Å²) >= 11 is 0. The standard InChI is InChI=1S/C22H27N3O3/c1-17-3-2-4-18(11-17)13-23-22(26)15-25-9-7-24(8-10-25)14-19-5-6-20-21(12-19)28-16-27-20/h2-6,11-12H,7-10,13-16H2,1H3,(H,23,26). The predicted molar refractivity (Wildman–Crippen MR) is 107 cm³/mol. The molecule has 0 spiro atoms. The molecule has 6 nitrogen and oxygen atoms in total. The van der Waals surface area contributed by atoms with E-state index in [1.54, 1.807) is 0 Å². The third kappa shape index (κ3) is 4.82. The zero-order valence-electron chi connectivity index (χ0n) is 16.3. The van der Waals surface area contributed by atoms with Crippen LogP contribution in [-0.4, -0.2) is 55.2 Å². The molecule has 0 aliphatic carbocycles. The topological polar surface area (TPSA) is 54.0 Å². The second-order valence-electron chi connectivity index (χ2n) is 7.51. The molecule has 0 aromatic heterocycles. The van der Waals surface area contributed by atoms with E-state index in [9.17, 15) is 4.79 Å². The summed E-state index contributed by atoms with van der Waals surface area (Å²) in [6.45, 7) is 8.04. The molecule has 2 aromatic carbocycles. The second kappa shape index (κ2) is 8.63. The number of nitrogens with zero attached hydrogens (tertiary/aromatic N) is 2. The summed E-state index contributed by atoms with van der Waals surface area (Å²) in [5.41, 5.74) is 3.58. The van der Waals surface area contributed by atoms with Gasteiger partial charge in [0.1, 0.15) is 0 Å². The van der Waals surface area contributed by atoms with Gasteiger partial charge in [0.15, 0.2) is 11.5 Å². The van der Waals surface area contributed by atoms with Crippen molar-refractivity contribution < 1.29 is 14.3 Å². The quantitative estimate of drug-likeness (QED) is 0.831. The maximum Gasteiger partial charge on any atom is 0.234 e. The van der Waals surface area contributed by atoms with E-state index in [-0.39, 0.29) is 5.91 Å². The summed E-state index contributed by atoms with van der Waals surface area (Å²) in [6, 6.07) is 14.4. The molecular formula is C22H27N3O3. The molecule has 1 saturated heterocycles. The Labute approximate surface area is 166 Å². The lowest BCUT2D eigenvalue weighted by Gasteiger charge is -2.34. The zero-order valence-corrected chi connectivity index (χ0v) is 16.3. The molecule has 28 heavy (non-hydrogen) atoms. The summed E-state index contributed by atoms with van der Waals surface area (Å²) in [6.07, 6.45) is 0. The van der Waals surface area contributed by atoms with Gasteiger partial charge >= 0.3 is 0 Å². The fourth-order valence-corrected chi connectivity index (χ4v) is 3.68. The van der Waals surface area contributed by atoms with Gasteiger partial charge in [-0.05, 0) is 30.2 Å². The van der Waals surface area contributed by atoms with E-state index in [1.807, 2.05) is 18.2 Å². The maximum atomic E-state index is 12.3. The Hall–Kier alpha value is -2.57. The number of hydrogen-bond acceptors (Lipinski definition) is 5. The fraction of sp³-hybridized carbons (Fsp3) is 0.409. The molecule has 0 saturated carbocycles. The SMILES string of the molecule is Cc1cccc(CNC(=O)CN2CCN(Cc3ccc4c(c3)OCO4)CC2)c1. The molecule has 4 rings (SSSR count). The smallest absolute Gasteiger partial charge is 0.234 e. The molecular weight excluding hydrogens is 354 g/mol. The number of ether oxygens (including phenoxy) is 2. The van der Waals surface area contributed by atoms with E-state index < -0.39 is 0 Å². The van der Waals surface area contributed by atoms with Crippen LogP contribution in [0.25, 0.3) is 0 Å². The fourth-order valence-electron chi connectivity index (χ4n) is 3.68. The Kier molecular flexibility index (Phi) is 5.78. The van der Waals surface area contributed by atoms with E-state index in [2.05, 4.69) is 46.3 Å². The molecule has 2 aliphatic rings. The minimum atomic E-state index is 0.0886. The second-order valence-corrected chi connectivity index (χ2v) is 7.51. The maximum absolute atomic E-state index is 12.3. The monoisotopic (exact) mass is 381 g/mol. The number of nitrogens with one attached hydrogen (secondary N) is 1. The highest BCUT2D eigenvalue weighted by atomic mass is 16.7. The number of piperazine rings is 1. The van der Waals surface area contributed by atoms with Crippen LogP contribution in [0.2, 0.25) is 0 Å². The number of fused-ring (bicyclic) bond motifs is 1. The first-order valence-corrected chi connectivity index (χ1v) is 9.81. The molecule has 0 atom stereocenters. The summed E-state index contributed by atoms with van der Waals surface area (Å²) in [4.78, 5) is 16.9. The van der Waals surface area contributed by atoms with Crippen molar-refractivity contribution in [2.45, 2.75) is 20.0 Å². The number of amides is 1. The van der Waals surface area contributed by atoms with Gasteiger partial charge in [-0.1, -0.05) is 35.9 Å². The third-order valence-corrected chi connectivity index (χ3v) is 5.25. The minimum absolute atomic E-state index is 0.0886. The molecule has 2 aliphatic heterocycles. The molecule has 1 amide bonds. The number of rotatable bonds is 6. The summed E-state index contributed by atoms with van der Waals surface area (Å²) in [5.74, 6) is 1.75. The van der Waals surface area contributed by atoms with Crippen LogP contribution in [0, 0.1) is 6.92 Å². The lowest BCUT2D eigenvalue weighted by molar-refractivity contribution is -0.122. The van der Waals surface area contributed by atoms with Crippen LogP contribution in [-0.2, 0) is 17.9 Å². The first-order chi connectivity index (χ1) is 13.7. The van der Waals surface area contributed by atoms with Gasteiger partial charge in [0.05, 0.1) is 6.54 Å². The number of carbonyl (C=O) groups is 1. The van der Waals surface area contributed by atoms with E-state index in [0.717, 1.165) is 49.8 Å². The summed E-state index contributed by atoms with van der Waals surface area (Å²) in [5, 5.41) is 3.03. The number of benzene rings is 2. The van der Waals surface area contributed by atoms with Crippen LogP contribution in [0.4, 0.5) is 0 Å². The highest BCUT2D eigenvalue weighted by Crippen LogP contribution is 2.32. The average Bonchev–Trinajstić information content (AvgIpc) is 3.16. The van der Waals surface area contributed by atoms with Crippen molar-refractivity contribution >= 4 is 5.91 Å². The molecule has 1 N–H and O–H groups in total. The van der Waals surface area contributed by atoms with E-state index in [1.165, 1.54) is 11.1 Å². The summed E-state index contributed by atoms with van der Waals surface area (Å²) in [7, 11) is 0. The molecule has 2 heterocycles. The molecule has 0 unspecified atom stereocenters. The Bertz CT molecular complexity index is 832. The van der Waals surface area contributed by atoms with Gasteiger partial charge in [-0.2, -0.15) is 0 Å². The highest BCUT2D eigenvalue weighted by molar-refractivity contribution is 5.78. The van der Waals surface area contributed by atoms with Crippen molar-refractivity contribution in [1.82, 2.24) is 15.1 Å². The van der Waals surface area contributed by atoms with Gasteiger partial charge in [-0.3, -0.25) is 14.6 Å². The van der Waals surface area contributed by atoms with Crippen molar-refractivity contribution in [1.29, 1.82) is 0 Å². The molecule has 0 bridgehead atoms. The lowest BCUT2D eigenvalue weighted by Crippen LogP contribution is -2.49. The Morgan fingerprint density at radius 2 is 1.75 bits per heavy atom. The number of hydrogen-bond donors (Lipinski definition) is 1. The third-order valence-electron chi connectivity index (χ3n) is 5.25. The first-order valence-electron chi connectivity index (χ1n) is 9.81. The van der Waals surface area contributed by atoms with Gasteiger partial charge in [0.25, 0.3) is 0 Å². The predicted octanol–water partition coefficient (Wildman–Crippen LogP) is 2.16. The zero-order chi connectivity index (χ0) is 19.3. The Balaban J connectivity index is 1.19. The lowest BCUT2D eigenvalue weighted by atomic mass is 10.1. The molecule has 0 radical (unpaired) electrons. The van der Waals surface area contributed by atoms with Crippen LogP contribution in [0.1, 0.15) is 16.7 Å². The highest BCUT2D eigenvalue weighted by Gasteiger charge is 2.20. The molecule has 6 heteroatoms. The molecule has 148 valence electrons. The van der Waals surface area contributed by atoms with Gasteiger partial charge in [0.2, 0.25) is 12.7 Å². The van der Waals surface area contributed by atoms with Gasteiger partial charge in [-0.15, -0.1) is 0 Å². The van der Waals surface area contributed by atoms with Crippen molar-refractivity contribution in [3.63, 3.8) is 0 Å².